The monoisotopic (exact) mass is 404 g/mol. The number of nitrogens with zero attached hydrogens (tertiary/aromatic N) is 1. The van der Waals surface area contributed by atoms with Crippen LogP contribution in [-0.2, 0) is 21.4 Å². The topological polar surface area (TPSA) is 75.7 Å². The van der Waals surface area contributed by atoms with Crippen LogP contribution < -0.4 is 14.4 Å². The fourth-order valence-corrected chi connectivity index (χ4v) is 3.73. The number of carbonyl (C=O) groups is 1. The van der Waals surface area contributed by atoms with Crippen LogP contribution in [-0.4, -0.2) is 33.2 Å². The van der Waals surface area contributed by atoms with E-state index in [1.54, 1.807) is 6.07 Å². The lowest BCUT2D eigenvalue weighted by atomic mass is 10.1. The summed E-state index contributed by atoms with van der Waals surface area (Å²) in [7, 11) is -3.59. The highest BCUT2D eigenvalue weighted by atomic mass is 32.2. The van der Waals surface area contributed by atoms with E-state index in [1.807, 2.05) is 64.1 Å². The Labute approximate surface area is 167 Å². The first-order valence-electron chi connectivity index (χ1n) is 9.13. The number of rotatable bonds is 8. The highest BCUT2D eigenvalue weighted by Gasteiger charge is 2.22. The van der Waals surface area contributed by atoms with Crippen LogP contribution in [0.15, 0.2) is 42.5 Å². The molecule has 0 bridgehead atoms. The first-order valence-corrected chi connectivity index (χ1v) is 11.0. The van der Waals surface area contributed by atoms with Crippen molar-refractivity contribution in [3.05, 3.63) is 59.2 Å². The molecule has 0 aliphatic heterocycles. The molecule has 0 atom stereocenters. The maximum atomic E-state index is 12.4. The predicted octanol–water partition coefficient (Wildman–Crippen LogP) is 3.17. The molecule has 1 amide bonds. The molecular formula is C21H28N2O4S. The molecule has 0 unspecified atom stereocenters. The molecule has 2 rings (SSSR count). The highest BCUT2D eigenvalue weighted by molar-refractivity contribution is 7.92. The molecule has 0 saturated carbocycles. The van der Waals surface area contributed by atoms with Crippen LogP contribution in [0.3, 0.4) is 0 Å². The maximum Gasteiger partial charge on any atom is 0.241 e. The molecule has 6 nitrogen and oxygen atoms in total. The molecule has 2 aromatic rings. The molecule has 2 aromatic carbocycles. The SMILES string of the molecule is Cc1ccc(N(CC(=O)NCc2ccc(OC(C)C)cc2)S(C)(=O)=O)c(C)c1. The summed E-state index contributed by atoms with van der Waals surface area (Å²) in [4.78, 5) is 12.4. The Balaban J connectivity index is 2.04. The zero-order valence-electron chi connectivity index (χ0n) is 17.0. The van der Waals surface area contributed by atoms with Gasteiger partial charge in [-0.3, -0.25) is 9.10 Å². The summed E-state index contributed by atoms with van der Waals surface area (Å²) in [5.41, 5.74) is 3.25. The molecule has 152 valence electrons. The Kier molecular flexibility index (Phi) is 7.07. The molecule has 28 heavy (non-hydrogen) atoms. The minimum Gasteiger partial charge on any atom is -0.491 e. The van der Waals surface area contributed by atoms with Crippen molar-refractivity contribution in [2.24, 2.45) is 0 Å². The summed E-state index contributed by atoms with van der Waals surface area (Å²) in [5.74, 6) is 0.399. The van der Waals surface area contributed by atoms with E-state index in [-0.39, 0.29) is 18.6 Å². The normalized spacial score (nSPS) is 11.4. The third-order valence-corrected chi connectivity index (χ3v) is 5.22. The van der Waals surface area contributed by atoms with E-state index in [9.17, 15) is 13.2 Å². The Bertz CT molecular complexity index is 922. The van der Waals surface area contributed by atoms with Gasteiger partial charge in [-0.15, -0.1) is 0 Å². The Morgan fingerprint density at radius 3 is 2.29 bits per heavy atom. The van der Waals surface area contributed by atoms with E-state index in [0.717, 1.165) is 33.0 Å². The Morgan fingerprint density at radius 1 is 1.11 bits per heavy atom. The van der Waals surface area contributed by atoms with E-state index >= 15 is 0 Å². The van der Waals surface area contributed by atoms with Crippen LogP contribution in [0, 0.1) is 13.8 Å². The number of carbonyl (C=O) groups excluding carboxylic acids is 1. The average Bonchev–Trinajstić information content (AvgIpc) is 2.58. The van der Waals surface area contributed by atoms with E-state index in [2.05, 4.69) is 5.32 Å². The maximum absolute atomic E-state index is 12.4. The molecule has 1 N–H and O–H groups in total. The summed E-state index contributed by atoms with van der Waals surface area (Å²) in [6, 6.07) is 12.9. The minimum absolute atomic E-state index is 0.0951. The fourth-order valence-electron chi connectivity index (χ4n) is 2.81. The predicted molar refractivity (Wildman–Crippen MR) is 112 cm³/mol. The largest absolute Gasteiger partial charge is 0.491 e. The van der Waals surface area contributed by atoms with Gasteiger partial charge in [-0.1, -0.05) is 29.8 Å². The number of sulfonamides is 1. The van der Waals surface area contributed by atoms with Crippen molar-refractivity contribution in [3.63, 3.8) is 0 Å². The first-order chi connectivity index (χ1) is 13.1. The third-order valence-electron chi connectivity index (χ3n) is 4.09. The molecular weight excluding hydrogens is 376 g/mol. The lowest BCUT2D eigenvalue weighted by Gasteiger charge is -2.24. The number of hydrogen-bond acceptors (Lipinski definition) is 4. The van der Waals surface area contributed by atoms with Gasteiger partial charge in [0.15, 0.2) is 0 Å². The zero-order chi connectivity index (χ0) is 20.9. The van der Waals surface area contributed by atoms with Crippen molar-refractivity contribution >= 4 is 21.6 Å². The summed E-state index contributed by atoms with van der Waals surface area (Å²) in [6.45, 7) is 7.72. The number of hydrogen-bond donors (Lipinski definition) is 1. The molecule has 7 heteroatoms. The van der Waals surface area contributed by atoms with Crippen LogP contribution in [0.5, 0.6) is 5.75 Å². The molecule has 0 heterocycles. The molecule has 0 radical (unpaired) electrons. The van der Waals surface area contributed by atoms with Gasteiger partial charge >= 0.3 is 0 Å². The molecule has 0 fully saturated rings. The van der Waals surface area contributed by atoms with Crippen LogP contribution in [0.2, 0.25) is 0 Å². The standard InChI is InChI=1S/C21H28N2O4S/c1-15(2)27-19-9-7-18(8-10-19)13-22-21(24)14-23(28(5,25)26)20-11-6-16(3)12-17(20)4/h6-12,15H,13-14H2,1-5H3,(H,22,24). The quantitative estimate of drug-likeness (QED) is 0.733. The Morgan fingerprint density at radius 2 is 1.75 bits per heavy atom. The average molecular weight is 405 g/mol. The van der Waals surface area contributed by atoms with Crippen LogP contribution in [0.25, 0.3) is 0 Å². The molecule has 0 saturated heterocycles. The summed E-state index contributed by atoms with van der Waals surface area (Å²) >= 11 is 0. The van der Waals surface area contributed by atoms with E-state index in [4.69, 9.17) is 4.74 Å². The number of nitrogens with one attached hydrogen (secondary N) is 1. The van der Waals surface area contributed by atoms with Gasteiger partial charge in [-0.05, 0) is 57.0 Å². The van der Waals surface area contributed by atoms with Crippen molar-refractivity contribution in [2.45, 2.75) is 40.3 Å². The van der Waals surface area contributed by atoms with Gasteiger partial charge in [-0.25, -0.2) is 8.42 Å². The van der Waals surface area contributed by atoms with Crippen molar-refractivity contribution in [2.75, 3.05) is 17.1 Å². The van der Waals surface area contributed by atoms with Crippen molar-refractivity contribution < 1.29 is 17.9 Å². The second-order valence-electron chi connectivity index (χ2n) is 7.15. The third kappa shape index (κ3) is 6.27. The van der Waals surface area contributed by atoms with Gasteiger partial charge in [0.25, 0.3) is 0 Å². The lowest BCUT2D eigenvalue weighted by Crippen LogP contribution is -2.40. The van der Waals surface area contributed by atoms with Gasteiger partial charge in [0.05, 0.1) is 18.0 Å². The van der Waals surface area contributed by atoms with Gasteiger partial charge in [0.2, 0.25) is 15.9 Å². The molecule has 0 aliphatic rings. The van der Waals surface area contributed by atoms with Gasteiger partial charge in [0.1, 0.15) is 12.3 Å². The van der Waals surface area contributed by atoms with Gasteiger partial charge in [0, 0.05) is 6.54 Å². The van der Waals surface area contributed by atoms with Crippen LogP contribution >= 0.6 is 0 Å². The molecule has 0 spiro atoms. The van der Waals surface area contributed by atoms with Crippen molar-refractivity contribution in [1.29, 1.82) is 0 Å². The second kappa shape index (κ2) is 9.10. The zero-order valence-corrected chi connectivity index (χ0v) is 17.8. The smallest absolute Gasteiger partial charge is 0.241 e. The van der Waals surface area contributed by atoms with Crippen molar-refractivity contribution in [3.8, 4) is 5.75 Å². The summed E-state index contributed by atoms with van der Waals surface area (Å²) < 4.78 is 31.2. The van der Waals surface area contributed by atoms with Gasteiger partial charge in [-0.2, -0.15) is 0 Å². The van der Waals surface area contributed by atoms with E-state index in [1.165, 1.54) is 0 Å². The van der Waals surface area contributed by atoms with Gasteiger partial charge < -0.3 is 10.1 Å². The second-order valence-corrected chi connectivity index (χ2v) is 9.05. The van der Waals surface area contributed by atoms with Crippen LogP contribution in [0.4, 0.5) is 5.69 Å². The lowest BCUT2D eigenvalue weighted by molar-refractivity contribution is -0.119. The number of ether oxygens (including phenoxy) is 1. The summed E-state index contributed by atoms with van der Waals surface area (Å²) in [6.07, 6.45) is 1.20. The number of anilines is 1. The Hall–Kier alpha value is -2.54. The molecule has 0 aromatic heterocycles. The van der Waals surface area contributed by atoms with Crippen molar-refractivity contribution in [1.82, 2.24) is 5.32 Å². The molecule has 0 aliphatic carbocycles. The number of benzene rings is 2. The first kappa shape index (κ1) is 21.8. The number of amides is 1. The minimum atomic E-state index is -3.59. The van der Waals surface area contributed by atoms with Crippen LogP contribution in [0.1, 0.15) is 30.5 Å². The fraction of sp³-hybridized carbons (Fsp3) is 0.381. The highest BCUT2D eigenvalue weighted by Crippen LogP contribution is 2.23. The van der Waals surface area contributed by atoms with E-state index in [0.29, 0.717) is 12.2 Å². The number of aryl methyl sites for hydroxylation is 2. The summed E-state index contributed by atoms with van der Waals surface area (Å²) in [5, 5.41) is 2.78. The van der Waals surface area contributed by atoms with E-state index < -0.39 is 10.0 Å².